The fraction of sp³-hybridized carbons (Fsp3) is 0. The van der Waals surface area contributed by atoms with E-state index in [0.717, 1.165) is 10.6 Å². The molecule has 3 aromatic rings. The summed E-state index contributed by atoms with van der Waals surface area (Å²) >= 11 is 5.49. The fourth-order valence-electron chi connectivity index (χ4n) is 1.94. The number of benzene rings is 2. The highest BCUT2D eigenvalue weighted by Crippen LogP contribution is 2.29. The van der Waals surface area contributed by atoms with Crippen molar-refractivity contribution in [1.29, 1.82) is 0 Å². The molecule has 110 valence electrons. The van der Waals surface area contributed by atoms with E-state index < -0.39 is 0 Å². The van der Waals surface area contributed by atoms with E-state index in [1.165, 1.54) is 11.3 Å². The molecular formula is C16H13N3OS2. The summed E-state index contributed by atoms with van der Waals surface area (Å²) in [5, 5.41) is 3.73. The van der Waals surface area contributed by atoms with E-state index in [1.54, 1.807) is 12.1 Å². The molecule has 0 radical (unpaired) electrons. The molecule has 0 atom stereocenters. The SMILES string of the molecule is Nc1nc(Nc2ccc(S)cc2)sc1C(=O)c1ccccc1. The van der Waals surface area contributed by atoms with Gasteiger partial charge >= 0.3 is 0 Å². The number of rotatable bonds is 4. The highest BCUT2D eigenvalue weighted by molar-refractivity contribution is 7.80. The zero-order valence-corrected chi connectivity index (χ0v) is 13.2. The van der Waals surface area contributed by atoms with Crippen LogP contribution in [0.1, 0.15) is 15.2 Å². The van der Waals surface area contributed by atoms with Gasteiger partial charge in [-0.15, -0.1) is 12.6 Å². The number of thiol groups is 1. The van der Waals surface area contributed by atoms with E-state index in [0.29, 0.717) is 15.6 Å². The molecular weight excluding hydrogens is 314 g/mol. The molecule has 0 saturated heterocycles. The van der Waals surface area contributed by atoms with Crippen molar-refractivity contribution >= 4 is 46.4 Å². The van der Waals surface area contributed by atoms with Crippen LogP contribution in [0.4, 0.5) is 16.6 Å². The van der Waals surface area contributed by atoms with Gasteiger partial charge in [0.05, 0.1) is 0 Å². The molecule has 0 aliphatic rings. The van der Waals surface area contributed by atoms with Crippen LogP contribution < -0.4 is 11.1 Å². The van der Waals surface area contributed by atoms with Crippen molar-refractivity contribution < 1.29 is 4.79 Å². The van der Waals surface area contributed by atoms with Gasteiger partial charge < -0.3 is 11.1 Å². The first-order chi connectivity index (χ1) is 10.6. The number of carbonyl (C=O) groups is 1. The Morgan fingerprint density at radius 1 is 1.09 bits per heavy atom. The van der Waals surface area contributed by atoms with E-state index in [2.05, 4.69) is 22.9 Å². The molecule has 22 heavy (non-hydrogen) atoms. The molecule has 0 saturated carbocycles. The van der Waals surface area contributed by atoms with Gasteiger partial charge in [-0.25, -0.2) is 4.98 Å². The molecule has 1 heterocycles. The van der Waals surface area contributed by atoms with Crippen molar-refractivity contribution in [2.45, 2.75) is 4.90 Å². The first-order valence-corrected chi connectivity index (χ1v) is 7.82. The van der Waals surface area contributed by atoms with Crippen LogP contribution in [0.2, 0.25) is 0 Å². The maximum absolute atomic E-state index is 12.4. The van der Waals surface area contributed by atoms with Gasteiger partial charge in [0.15, 0.2) is 5.13 Å². The van der Waals surface area contributed by atoms with Crippen molar-refractivity contribution in [2.24, 2.45) is 0 Å². The molecule has 0 amide bonds. The number of nitrogens with two attached hydrogens (primary N) is 1. The number of thiazole rings is 1. The van der Waals surface area contributed by atoms with Gasteiger partial charge in [-0.05, 0) is 24.3 Å². The van der Waals surface area contributed by atoms with E-state index in [-0.39, 0.29) is 11.6 Å². The molecule has 2 aromatic carbocycles. The van der Waals surface area contributed by atoms with Gasteiger partial charge in [0.25, 0.3) is 0 Å². The van der Waals surface area contributed by atoms with E-state index >= 15 is 0 Å². The standard InChI is InChI=1S/C16H13N3OS2/c17-15-14(13(20)10-4-2-1-3-5-10)22-16(19-15)18-11-6-8-12(21)9-7-11/h1-9,21H,17H2,(H,18,19). The lowest BCUT2D eigenvalue weighted by atomic mass is 10.1. The second-order valence-corrected chi connectivity index (χ2v) is 6.12. The summed E-state index contributed by atoms with van der Waals surface area (Å²) in [6, 6.07) is 16.6. The van der Waals surface area contributed by atoms with Crippen LogP contribution in [0.15, 0.2) is 59.5 Å². The Kier molecular flexibility index (Phi) is 4.13. The van der Waals surface area contributed by atoms with E-state index in [9.17, 15) is 4.79 Å². The highest BCUT2D eigenvalue weighted by Gasteiger charge is 2.17. The Bertz CT molecular complexity index is 798. The van der Waals surface area contributed by atoms with Gasteiger partial charge in [-0.2, -0.15) is 0 Å². The molecule has 0 fully saturated rings. The van der Waals surface area contributed by atoms with Gasteiger partial charge in [0.2, 0.25) is 5.78 Å². The van der Waals surface area contributed by atoms with Crippen molar-refractivity contribution in [3.05, 3.63) is 65.0 Å². The summed E-state index contributed by atoms with van der Waals surface area (Å²) in [5.41, 5.74) is 7.35. The Labute approximate surface area is 137 Å². The minimum Gasteiger partial charge on any atom is -0.382 e. The van der Waals surface area contributed by atoms with E-state index in [1.807, 2.05) is 42.5 Å². The van der Waals surface area contributed by atoms with Gasteiger partial charge in [0, 0.05) is 16.1 Å². The second-order valence-electron chi connectivity index (χ2n) is 4.60. The van der Waals surface area contributed by atoms with Crippen LogP contribution in [0, 0.1) is 0 Å². The predicted octanol–water partition coefficient (Wildman–Crippen LogP) is 3.99. The van der Waals surface area contributed by atoms with Crippen molar-refractivity contribution in [1.82, 2.24) is 4.98 Å². The molecule has 3 rings (SSSR count). The van der Waals surface area contributed by atoms with E-state index in [4.69, 9.17) is 5.73 Å². The maximum atomic E-state index is 12.4. The summed E-state index contributed by atoms with van der Waals surface area (Å²) < 4.78 is 0. The van der Waals surface area contributed by atoms with Crippen LogP contribution >= 0.6 is 24.0 Å². The minimum atomic E-state index is -0.116. The number of carbonyl (C=O) groups excluding carboxylic acids is 1. The Morgan fingerprint density at radius 3 is 2.45 bits per heavy atom. The summed E-state index contributed by atoms with van der Waals surface area (Å²) in [5.74, 6) is 0.126. The van der Waals surface area contributed by atoms with Crippen molar-refractivity contribution in [2.75, 3.05) is 11.1 Å². The van der Waals surface area contributed by atoms with Crippen LogP contribution in [-0.4, -0.2) is 10.8 Å². The third-order valence-corrected chi connectivity index (χ3v) is 4.30. The first-order valence-electron chi connectivity index (χ1n) is 6.55. The van der Waals surface area contributed by atoms with Crippen LogP contribution in [0.25, 0.3) is 0 Å². The normalized spacial score (nSPS) is 10.4. The van der Waals surface area contributed by atoms with Gasteiger partial charge in [-0.1, -0.05) is 41.7 Å². The molecule has 1 aromatic heterocycles. The number of nitrogens with zero attached hydrogens (tertiary/aromatic N) is 1. The molecule has 3 N–H and O–H groups in total. The average Bonchev–Trinajstić information content (AvgIpc) is 2.90. The highest BCUT2D eigenvalue weighted by atomic mass is 32.1. The smallest absolute Gasteiger partial charge is 0.206 e. The van der Waals surface area contributed by atoms with Crippen LogP contribution in [-0.2, 0) is 0 Å². The third kappa shape index (κ3) is 3.13. The number of ketones is 1. The van der Waals surface area contributed by atoms with Crippen LogP contribution in [0.3, 0.4) is 0 Å². The third-order valence-electron chi connectivity index (χ3n) is 3.01. The summed E-state index contributed by atoms with van der Waals surface area (Å²) in [4.78, 5) is 18.0. The number of hydrogen-bond donors (Lipinski definition) is 3. The Morgan fingerprint density at radius 2 is 1.77 bits per heavy atom. The Hall–Kier alpha value is -2.31. The van der Waals surface area contributed by atoms with Gasteiger partial charge in [0.1, 0.15) is 10.7 Å². The lowest BCUT2D eigenvalue weighted by molar-refractivity contribution is 0.104. The summed E-state index contributed by atoms with van der Waals surface area (Å²) in [6.07, 6.45) is 0. The zero-order chi connectivity index (χ0) is 15.5. The maximum Gasteiger partial charge on any atom is 0.206 e. The molecule has 0 unspecified atom stereocenters. The number of nitrogens with one attached hydrogen (secondary N) is 1. The Balaban J connectivity index is 1.85. The molecule has 0 bridgehead atoms. The molecule has 0 spiro atoms. The van der Waals surface area contributed by atoms with Gasteiger partial charge in [-0.3, -0.25) is 4.79 Å². The topological polar surface area (TPSA) is 68.0 Å². The zero-order valence-electron chi connectivity index (χ0n) is 11.5. The van der Waals surface area contributed by atoms with Crippen LogP contribution in [0.5, 0.6) is 0 Å². The monoisotopic (exact) mass is 327 g/mol. The number of aromatic nitrogens is 1. The number of anilines is 3. The minimum absolute atomic E-state index is 0.116. The molecule has 0 aliphatic carbocycles. The lowest BCUT2D eigenvalue weighted by Gasteiger charge is -2.01. The molecule has 0 aliphatic heterocycles. The predicted molar refractivity (Wildman–Crippen MR) is 93.4 cm³/mol. The molecule has 6 heteroatoms. The van der Waals surface area contributed by atoms with Crippen molar-refractivity contribution in [3.8, 4) is 0 Å². The first kappa shape index (κ1) is 14.6. The second kappa shape index (κ2) is 6.21. The fourth-order valence-corrected chi connectivity index (χ4v) is 2.95. The average molecular weight is 327 g/mol. The van der Waals surface area contributed by atoms with Crippen molar-refractivity contribution in [3.63, 3.8) is 0 Å². The summed E-state index contributed by atoms with van der Waals surface area (Å²) in [7, 11) is 0. The largest absolute Gasteiger partial charge is 0.382 e. The number of nitrogen functional groups attached to an aromatic ring is 1. The number of hydrogen-bond acceptors (Lipinski definition) is 6. The lowest BCUT2D eigenvalue weighted by Crippen LogP contribution is -2.02. The quantitative estimate of drug-likeness (QED) is 0.501. The summed E-state index contributed by atoms with van der Waals surface area (Å²) in [6.45, 7) is 0. The molecule has 4 nitrogen and oxygen atoms in total.